The SMILES string of the molecule is N#CCCn1cc(/C=C/C(=O)c2ccc(C#N)cc2)c(-c2ccccc2)n1. The molecule has 3 aromatic rings. The van der Waals surface area contributed by atoms with E-state index in [2.05, 4.69) is 11.2 Å². The normalized spacial score (nSPS) is 10.4. The van der Waals surface area contributed by atoms with E-state index in [-0.39, 0.29) is 5.78 Å². The number of aryl methyl sites for hydroxylation is 1. The molecule has 0 aliphatic heterocycles. The van der Waals surface area contributed by atoms with Crippen molar-refractivity contribution in [3.63, 3.8) is 0 Å². The number of aromatic nitrogens is 2. The standard InChI is InChI=1S/C22H16N4O/c23-13-4-14-26-16-20(22(25-26)19-5-2-1-3-6-19)11-12-21(27)18-9-7-17(15-24)8-10-18/h1-3,5-12,16H,4,14H2/b12-11+. The lowest BCUT2D eigenvalue weighted by Gasteiger charge is -1.99. The van der Waals surface area contributed by atoms with Crippen LogP contribution < -0.4 is 0 Å². The zero-order chi connectivity index (χ0) is 19.1. The number of carbonyl (C=O) groups excluding carboxylic acids is 1. The molecule has 0 aliphatic rings. The van der Waals surface area contributed by atoms with E-state index in [0.29, 0.717) is 24.1 Å². The number of allylic oxidation sites excluding steroid dienone is 1. The first-order valence-electron chi connectivity index (χ1n) is 8.43. The fourth-order valence-corrected chi connectivity index (χ4v) is 2.63. The highest BCUT2D eigenvalue weighted by Gasteiger charge is 2.10. The first-order chi connectivity index (χ1) is 13.2. The van der Waals surface area contributed by atoms with Gasteiger partial charge in [0.15, 0.2) is 5.78 Å². The lowest BCUT2D eigenvalue weighted by molar-refractivity contribution is 0.104. The maximum Gasteiger partial charge on any atom is 0.185 e. The summed E-state index contributed by atoms with van der Waals surface area (Å²) in [5.41, 5.74) is 3.54. The highest BCUT2D eigenvalue weighted by atomic mass is 16.1. The number of nitrogens with zero attached hydrogens (tertiary/aromatic N) is 4. The van der Waals surface area contributed by atoms with Crippen LogP contribution in [0.4, 0.5) is 0 Å². The maximum atomic E-state index is 12.4. The second-order valence-electron chi connectivity index (χ2n) is 5.86. The van der Waals surface area contributed by atoms with Gasteiger partial charge in [-0.1, -0.05) is 30.3 Å². The third-order valence-electron chi connectivity index (χ3n) is 4.00. The molecular formula is C22H16N4O. The molecule has 0 saturated heterocycles. The van der Waals surface area contributed by atoms with Crippen LogP contribution in [0.2, 0.25) is 0 Å². The third kappa shape index (κ3) is 4.36. The van der Waals surface area contributed by atoms with Gasteiger partial charge in [0, 0.05) is 22.9 Å². The average Bonchev–Trinajstić information content (AvgIpc) is 3.14. The van der Waals surface area contributed by atoms with Gasteiger partial charge in [0.05, 0.1) is 36.4 Å². The second-order valence-corrected chi connectivity index (χ2v) is 5.86. The number of nitriles is 2. The van der Waals surface area contributed by atoms with Crippen molar-refractivity contribution in [2.45, 2.75) is 13.0 Å². The predicted octanol–water partition coefficient (Wildman–Crippen LogP) is 4.23. The van der Waals surface area contributed by atoms with Crippen molar-refractivity contribution in [2.75, 3.05) is 0 Å². The van der Waals surface area contributed by atoms with Crippen LogP contribution in [0.25, 0.3) is 17.3 Å². The van der Waals surface area contributed by atoms with Gasteiger partial charge < -0.3 is 0 Å². The van der Waals surface area contributed by atoms with E-state index >= 15 is 0 Å². The van der Waals surface area contributed by atoms with Gasteiger partial charge in [-0.15, -0.1) is 0 Å². The molecule has 0 radical (unpaired) electrons. The van der Waals surface area contributed by atoms with Crippen molar-refractivity contribution in [1.82, 2.24) is 9.78 Å². The zero-order valence-corrected chi connectivity index (χ0v) is 14.5. The Kier molecular flexibility index (Phi) is 5.57. The molecule has 0 N–H and O–H groups in total. The van der Waals surface area contributed by atoms with Crippen LogP contribution >= 0.6 is 0 Å². The summed E-state index contributed by atoms with van der Waals surface area (Å²) in [5, 5.41) is 22.2. The summed E-state index contributed by atoms with van der Waals surface area (Å²) in [5.74, 6) is -0.150. The van der Waals surface area contributed by atoms with Gasteiger partial charge in [0.2, 0.25) is 0 Å². The van der Waals surface area contributed by atoms with Gasteiger partial charge in [-0.3, -0.25) is 9.48 Å². The Morgan fingerprint density at radius 3 is 2.48 bits per heavy atom. The highest BCUT2D eigenvalue weighted by Crippen LogP contribution is 2.23. The van der Waals surface area contributed by atoms with E-state index in [9.17, 15) is 4.79 Å². The molecular weight excluding hydrogens is 336 g/mol. The molecule has 0 amide bonds. The van der Waals surface area contributed by atoms with E-state index < -0.39 is 0 Å². The topological polar surface area (TPSA) is 82.5 Å². The fraction of sp³-hybridized carbons (Fsp3) is 0.0909. The molecule has 0 spiro atoms. The van der Waals surface area contributed by atoms with Crippen molar-refractivity contribution in [1.29, 1.82) is 10.5 Å². The minimum Gasteiger partial charge on any atom is -0.289 e. The van der Waals surface area contributed by atoms with E-state index in [1.807, 2.05) is 42.6 Å². The molecule has 0 aliphatic carbocycles. The van der Waals surface area contributed by atoms with Crippen LogP contribution in [0.3, 0.4) is 0 Å². The van der Waals surface area contributed by atoms with Gasteiger partial charge in [-0.25, -0.2) is 0 Å². The van der Waals surface area contributed by atoms with Crippen molar-refractivity contribution < 1.29 is 4.79 Å². The summed E-state index contributed by atoms with van der Waals surface area (Å²) in [6, 6.07) is 20.4. The van der Waals surface area contributed by atoms with Crippen LogP contribution in [0.5, 0.6) is 0 Å². The van der Waals surface area contributed by atoms with Crippen molar-refractivity contribution in [2.24, 2.45) is 0 Å². The molecule has 0 saturated carbocycles. The van der Waals surface area contributed by atoms with E-state index in [0.717, 1.165) is 16.8 Å². The summed E-state index contributed by atoms with van der Waals surface area (Å²) in [4.78, 5) is 12.4. The van der Waals surface area contributed by atoms with Gasteiger partial charge in [0.25, 0.3) is 0 Å². The highest BCUT2D eigenvalue weighted by molar-refractivity contribution is 6.07. The summed E-state index contributed by atoms with van der Waals surface area (Å²) < 4.78 is 1.72. The van der Waals surface area contributed by atoms with Crippen molar-refractivity contribution in [3.05, 3.63) is 83.6 Å². The van der Waals surface area contributed by atoms with Crippen LogP contribution in [0, 0.1) is 22.7 Å². The van der Waals surface area contributed by atoms with E-state index in [1.165, 1.54) is 6.08 Å². The molecule has 0 bridgehead atoms. The number of rotatable bonds is 6. The summed E-state index contributed by atoms with van der Waals surface area (Å²) in [6.45, 7) is 0.494. The Balaban J connectivity index is 1.89. The molecule has 1 heterocycles. The summed E-state index contributed by atoms with van der Waals surface area (Å²) in [7, 11) is 0. The van der Waals surface area contributed by atoms with Crippen molar-refractivity contribution >= 4 is 11.9 Å². The average molecular weight is 352 g/mol. The van der Waals surface area contributed by atoms with E-state index in [1.54, 1.807) is 35.0 Å². The fourth-order valence-electron chi connectivity index (χ4n) is 2.63. The largest absolute Gasteiger partial charge is 0.289 e. The Bertz CT molecular complexity index is 1050. The minimum atomic E-state index is -0.150. The monoisotopic (exact) mass is 352 g/mol. The minimum absolute atomic E-state index is 0.150. The lowest BCUT2D eigenvalue weighted by atomic mass is 10.1. The maximum absolute atomic E-state index is 12.4. The van der Waals surface area contributed by atoms with Gasteiger partial charge in [-0.2, -0.15) is 15.6 Å². The number of hydrogen-bond donors (Lipinski definition) is 0. The van der Waals surface area contributed by atoms with Crippen LogP contribution in [-0.4, -0.2) is 15.6 Å². The molecule has 5 nitrogen and oxygen atoms in total. The molecule has 1 aromatic heterocycles. The summed E-state index contributed by atoms with van der Waals surface area (Å²) in [6.07, 6.45) is 5.43. The third-order valence-corrected chi connectivity index (χ3v) is 4.00. The van der Waals surface area contributed by atoms with Crippen LogP contribution in [0.1, 0.15) is 27.9 Å². The van der Waals surface area contributed by atoms with Crippen LogP contribution in [-0.2, 0) is 6.54 Å². The van der Waals surface area contributed by atoms with E-state index in [4.69, 9.17) is 10.5 Å². The molecule has 2 aromatic carbocycles. The first kappa shape index (κ1) is 17.8. The molecule has 0 unspecified atom stereocenters. The number of carbonyl (C=O) groups is 1. The van der Waals surface area contributed by atoms with Crippen molar-refractivity contribution in [3.8, 4) is 23.4 Å². The number of benzene rings is 2. The number of hydrogen-bond acceptors (Lipinski definition) is 4. The van der Waals surface area contributed by atoms with Gasteiger partial charge in [0.1, 0.15) is 0 Å². The molecule has 130 valence electrons. The van der Waals surface area contributed by atoms with Gasteiger partial charge >= 0.3 is 0 Å². The Labute approximate surface area is 157 Å². The smallest absolute Gasteiger partial charge is 0.185 e. The molecule has 0 fully saturated rings. The Hall–Kier alpha value is -3.96. The predicted molar refractivity (Wildman–Crippen MR) is 102 cm³/mol. The molecule has 0 atom stereocenters. The lowest BCUT2D eigenvalue weighted by Crippen LogP contribution is -1.97. The first-order valence-corrected chi connectivity index (χ1v) is 8.43. The zero-order valence-electron chi connectivity index (χ0n) is 14.5. The second kappa shape index (κ2) is 8.42. The Morgan fingerprint density at radius 2 is 1.81 bits per heavy atom. The Morgan fingerprint density at radius 1 is 1.07 bits per heavy atom. The van der Waals surface area contributed by atoms with Crippen LogP contribution in [0.15, 0.2) is 66.9 Å². The molecule has 3 rings (SSSR count). The molecule has 5 heteroatoms. The number of ketones is 1. The molecule has 27 heavy (non-hydrogen) atoms. The van der Waals surface area contributed by atoms with Gasteiger partial charge in [-0.05, 0) is 36.4 Å². The quantitative estimate of drug-likeness (QED) is 0.491. The summed E-state index contributed by atoms with van der Waals surface area (Å²) >= 11 is 0.